The van der Waals surface area contributed by atoms with Crippen molar-refractivity contribution in [3.63, 3.8) is 0 Å². The highest BCUT2D eigenvalue weighted by atomic mass is 127. The van der Waals surface area contributed by atoms with Gasteiger partial charge in [-0.25, -0.2) is 0 Å². The Balaban J connectivity index is 0.00000512. The van der Waals surface area contributed by atoms with Gasteiger partial charge in [-0.3, -0.25) is 9.79 Å². The van der Waals surface area contributed by atoms with Crippen molar-refractivity contribution in [2.24, 2.45) is 10.9 Å². The first kappa shape index (κ1) is 27.5. The Labute approximate surface area is 208 Å². The second-order valence-electron chi connectivity index (χ2n) is 7.38. The van der Waals surface area contributed by atoms with Gasteiger partial charge in [-0.2, -0.15) is 0 Å². The average molecular weight is 554 g/mol. The van der Waals surface area contributed by atoms with Gasteiger partial charge in [0.1, 0.15) is 6.10 Å². The topological polar surface area (TPSA) is 84.0 Å². The van der Waals surface area contributed by atoms with E-state index in [1.54, 1.807) is 14.2 Å². The van der Waals surface area contributed by atoms with Gasteiger partial charge < -0.3 is 25.4 Å². The lowest BCUT2D eigenvalue weighted by Gasteiger charge is -2.19. The van der Waals surface area contributed by atoms with Gasteiger partial charge in [0.05, 0.1) is 13.7 Å². The number of para-hydroxylation sites is 2. The minimum Gasteiger partial charge on any atom is -0.493 e. The molecule has 0 aliphatic heterocycles. The summed E-state index contributed by atoms with van der Waals surface area (Å²) in [5, 5.41) is 9.53. The van der Waals surface area contributed by atoms with Gasteiger partial charge in [-0.15, -0.1) is 24.0 Å². The SMILES string of the molecule is CCC(C)C(=O)Nc1cccc(CNC(=NC)NCC(C)Oc2ccccc2OC)c1.I. The van der Waals surface area contributed by atoms with Crippen LogP contribution in [0.2, 0.25) is 0 Å². The van der Waals surface area contributed by atoms with Crippen molar-refractivity contribution in [3.8, 4) is 11.5 Å². The number of carbonyl (C=O) groups excluding carboxylic acids is 1. The number of nitrogens with zero attached hydrogens (tertiary/aromatic N) is 1. The van der Waals surface area contributed by atoms with Gasteiger partial charge in [0.15, 0.2) is 17.5 Å². The molecule has 0 aliphatic rings. The summed E-state index contributed by atoms with van der Waals surface area (Å²) in [6, 6.07) is 15.4. The predicted octanol–water partition coefficient (Wildman–Crippen LogP) is 4.43. The molecule has 7 nitrogen and oxygen atoms in total. The molecule has 0 aromatic heterocycles. The number of aliphatic imine (C=N–C) groups is 1. The number of anilines is 1. The molecule has 1 amide bonds. The molecule has 2 atom stereocenters. The molecule has 2 unspecified atom stereocenters. The van der Waals surface area contributed by atoms with Crippen LogP contribution < -0.4 is 25.4 Å². The number of halogens is 1. The Morgan fingerprint density at radius 1 is 1.06 bits per heavy atom. The Morgan fingerprint density at radius 3 is 2.44 bits per heavy atom. The maximum Gasteiger partial charge on any atom is 0.227 e. The van der Waals surface area contributed by atoms with Crippen molar-refractivity contribution in [1.82, 2.24) is 10.6 Å². The third-order valence-electron chi connectivity index (χ3n) is 4.89. The van der Waals surface area contributed by atoms with Crippen LogP contribution in [0.1, 0.15) is 32.8 Å². The number of amides is 1. The molecule has 2 rings (SSSR count). The molecule has 176 valence electrons. The van der Waals surface area contributed by atoms with E-state index in [2.05, 4.69) is 20.9 Å². The van der Waals surface area contributed by atoms with E-state index in [1.165, 1.54) is 0 Å². The van der Waals surface area contributed by atoms with Crippen LogP contribution in [0, 0.1) is 5.92 Å². The first-order valence-corrected chi connectivity index (χ1v) is 10.6. The van der Waals surface area contributed by atoms with Gasteiger partial charge >= 0.3 is 0 Å². The summed E-state index contributed by atoms with van der Waals surface area (Å²) < 4.78 is 11.3. The lowest BCUT2D eigenvalue weighted by molar-refractivity contribution is -0.119. The summed E-state index contributed by atoms with van der Waals surface area (Å²) >= 11 is 0. The number of ether oxygens (including phenoxy) is 2. The Morgan fingerprint density at radius 2 is 1.78 bits per heavy atom. The standard InChI is InChI=1S/C24H34N4O3.HI/c1-6-17(2)23(29)28-20-11-9-10-19(14-20)16-27-24(25-4)26-15-18(3)31-22-13-8-7-12-21(22)30-5;/h7-14,17-18H,6,15-16H2,1-5H3,(H,28,29)(H2,25,26,27);1H. The molecule has 0 radical (unpaired) electrons. The summed E-state index contributed by atoms with van der Waals surface area (Å²) in [5.41, 5.74) is 1.84. The van der Waals surface area contributed by atoms with E-state index in [9.17, 15) is 4.79 Å². The highest BCUT2D eigenvalue weighted by molar-refractivity contribution is 14.0. The van der Waals surface area contributed by atoms with Crippen LogP contribution in [-0.4, -0.2) is 38.7 Å². The average Bonchev–Trinajstić information content (AvgIpc) is 2.79. The van der Waals surface area contributed by atoms with Crippen LogP contribution in [0.15, 0.2) is 53.5 Å². The lowest BCUT2D eigenvalue weighted by Crippen LogP contribution is -2.41. The number of guanidine groups is 1. The molecule has 0 bridgehead atoms. The first-order chi connectivity index (χ1) is 15.0. The number of benzene rings is 2. The monoisotopic (exact) mass is 554 g/mol. The van der Waals surface area contributed by atoms with E-state index >= 15 is 0 Å². The van der Waals surface area contributed by atoms with Crippen LogP contribution in [0.4, 0.5) is 5.69 Å². The van der Waals surface area contributed by atoms with Crippen molar-refractivity contribution in [2.45, 2.75) is 39.8 Å². The fourth-order valence-electron chi connectivity index (χ4n) is 2.83. The third kappa shape index (κ3) is 8.94. The van der Waals surface area contributed by atoms with Crippen LogP contribution >= 0.6 is 24.0 Å². The van der Waals surface area contributed by atoms with Crippen LogP contribution in [-0.2, 0) is 11.3 Å². The largest absolute Gasteiger partial charge is 0.493 e. The van der Waals surface area contributed by atoms with E-state index in [1.807, 2.05) is 69.3 Å². The number of hydrogen-bond donors (Lipinski definition) is 3. The van der Waals surface area contributed by atoms with E-state index in [0.29, 0.717) is 30.5 Å². The smallest absolute Gasteiger partial charge is 0.227 e. The minimum absolute atomic E-state index is 0. The first-order valence-electron chi connectivity index (χ1n) is 10.6. The Hall–Kier alpha value is -2.49. The highest BCUT2D eigenvalue weighted by Crippen LogP contribution is 2.26. The minimum atomic E-state index is -0.0889. The van der Waals surface area contributed by atoms with Gasteiger partial charge in [-0.05, 0) is 43.2 Å². The fourth-order valence-corrected chi connectivity index (χ4v) is 2.83. The molecule has 32 heavy (non-hydrogen) atoms. The summed E-state index contributed by atoms with van der Waals surface area (Å²) in [4.78, 5) is 16.4. The van der Waals surface area contributed by atoms with Crippen molar-refractivity contribution >= 4 is 41.5 Å². The second kappa shape index (κ2) is 14.5. The Kier molecular flexibility index (Phi) is 12.5. The van der Waals surface area contributed by atoms with E-state index < -0.39 is 0 Å². The van der Waals surface area contributed by atoms with E-state index in [0.717, 1.165) is 17.7 Å². The Bertz CT molecular complexity index is 876. The van der Waals surface area contributed by atoms with E-state index in [4.69, 9.17) is 9.47 Å². The molecule has 0 saturated heterocycles. The molecule has 2 aromatic carbocycles. The number of rotatable bonds is 10. The summed E-state index contributed by atoms with van der Waals surface area (Å²) in [5.74, 6) is 2.11. The zero-order valence-electron chi connectivity index (χ0n) is 19.5. The van der Waals surface area contributed by atoms with Gasteiger partial charge in [0.2, 0.25) is 5.91 Å². The predicted molar refractivity (Wildman–Crippen MR) is 141 cm³/mol. The van der Waals surface area contributed by atoms with Crippen molar-refractivity contribution in [3.05, 3.63) is 54.1 Å². The molecule has 8 heteroatoms. The van der Waals surface area contributed by atoms with Gasteiger partial charge in [-0.1, -0.05) is 38.1 Å². The van der Waals surface area contributed by atoms with Crippen molar-refractivity contribution in [1.29, 1.82) is 0 Å². The molecule has 3 N–H and O–H groups in total. The summed E-state index contributed by atoms with van der Waals surface area (Å²) in [6.07, 6.45) is 0.725. The molecule has 0 fully saturated rings. The number of carbonyl (C=O) groups is 1. The summed E-state index contributed by atoms with van der Waals surface area (Å²) in [7, 11) is 3.35. The van der Waals surface area contributed by atoms with Crippen molar-refractivity contribution in [2.75, 3.05) is 26.0 Å². The lowest BCUT2D eigenvalue weighted by atomic mass is 10.1. The maximum absolute atomic E-state index is 12.1. The fraction of sp³-hybridized carbons (Fsp3) is 0.417. The van der Waals surface area contributed by atoms with Crippen LogP contribution in [0.5, 0.6) is 11.5 Å². The number of nitrogens with one attached hydrogen (secondary N) is 3. The highest BCUT2D eigenvalue weighted by Gasteiger charge is 2.11. The maximum atomic E-state index is 12.1. The summed E-state index contributed by atoms with van der Waals surface area (Å²) in [6.45, 7) is 7.06. The van der Waals surface area contributed by atoms with E-state index in [-0.39, 0.29) is 41.9 Å². The van der Waals surface area contributed by atoms with Gasteiger partial charge in [0.25, 0.3) is 0 Å². The molecule has 0 spiro atoms. The molecule has 0 aliphatic carbocycles. The third-order valence-corrected chi connectivity index (χ3v) is 4.89. The molecular weight excluding hydrogens is 519 g/mol. The van der Waals surface area contributed by atoms with Crippen LogP contribution in [0.3, 0.4) is 0 Å². The second-order valence-corrected chi connectivity index (χ2v) is 7.38. The molecule has 2 aromatic rings. The zero-order valence-corrected chi connectivity index (χ0v) is 21.8. The molecule has 0 heterocycles. The van der Waals surface area contributed by atoms with Crippen LogP contribution in [0.25, 0.3) is 0 Å². The number of hydrogen-bond acceptors (Lipinski definition) is 4. The van der Waals surface area contributed by atoms with Gasteiger partial charge in [0, 0.05) is 25.2 Å². The normalized spacial score (nSPS) is 12.7. The zero-order chi connectivity index (χ0) is 22.6. The molecular formula is C24H35IN4O3. The molecule has 0 saturated carbocycles. The quantitative estimate of drug-likeness (QED) is 0.230. The van der Waals surface area contributed by atoms with Crippen molar-refractivity contribution < 1.29 is 14.3 Å². The number of methoxy groups -OCH3 is 1.